The highest BCUT2D eigenvalue weighted by Crippen LogP contribution is 2.22. The fraction of sp³-hybridized carbons (Fsp3) is 0.350. The molecule has 0 aliphatic rings. The van der Waals surface area contributed by atoms with E-state index >= 15 is 0 Å². The first-order chi connectivity index (χ1) is 10.8. The molecule has 0 bridgehead atoms. The minimum absolute atomic E-state index is 0.0294. The van der Waals surface area contributed by atoms with Crippen LogP contribution in [0.5, 0.6) is 0 Å². The maximum absolute atomic E-state index is 12.5. The van der Waals surface area contributed by atoms with Crippen molar-refractivity contribution in [2.45, 2.75) is 47.6 Å². The van der Waals surface area contributed by atoms with Crippen molar-refractivity contribution in [1.29, 1.82) is 0 Å². The Hall–Kier alpha value is -2.29. The third-order valence-corrected chi connectivity index (χ3v) is 4.21. The zero-order chi connectivity index (χ0) is 17.1. The molecule has 0 aliphatic heterocycles. The van der Waals surface area contributed by atoms with Gasteiger partial charge in [0, 0.05) is 11.4 Å². The number of carbonyl (C=O) groups is 1. The van der Waals surface area contributed by atoms with Gasteiger partial charge >= 0.3 is 0 Å². The average Bonchev–Trinajstić information content (AvgIpc) is 2.46. The van der Waals surface area contributed by atoms with Crippen LogP contribution in [-0.4, -0.2) is 11.9 Å². The summed E-state index contributed by atoms with van der Waals surface area (Å²) in [5.74, 6) is -0.0294. The zero-order valence-electron chi connectivity index (χ0n) is 14.9. The van der Waals surface area contributed by atoms with Gasteiger partial charge in [-0.1, -0.05) is 23.8 Å². The normalized spacial score (nSPS) is 11.9. The second kappa shape index (κ2) is 6.86. The summed E-state index contributed by atoms with van der Waals surface area (Å²) in [4.78, 5) is 12.5. The molecule has 0 aromatic heterocycles. The standard InChI is InChI=1S/C20H26N2O/c1-12-9-15(4)19(16(5)10-12)22-20(23)17(6)21-18-8-7-13(2)14(3)11-18/h7-11,17,21H,1-6H3,(H,22,23)/t17-/m0/s1. The van der Waals surface area contributed by atoms with Gasteiger partial charge in [0.05, 0.1) is 0 Å². The first kappa shape index (κ1) is 17.1. The lowest BCUT2D eigenvalue weighted by Crippen LogP contribution is -2.32. The number of aryl methyl sites for hydroxylation is 5. The molecule has 2 rings (SSSR count). The molecule has 0 unspecified atom stereocenters. The highest BCUT2D eigenvalue weighted by atomic mass is 16.2. The Morgan fingerprint density at radius 1 is 0.870 bits per heavy atom. The first-order valence-corrected chi connectivity index (χ1v) is 8.00. The summed E-state index contributed by atoms with van der Waals surface area (Å²) in [5.41, 5.74) is 7.73. The fourth-order valence-corrected chi connectivity index (χ4v) is 2.76. The molecule has 1 amide bonds. The summed E-state index contributed by atoms with van der Waals surface area (Å²) in [6.45, 7) is 12.1. The van der Waals surface area contributed by atoms with E-state index in [4.69, 9.17) is 0 Å². The lowest BCUT2D eigenvalue weighted by Gasteiger charge is -2.18. The molecule has 0 spiro atoms. The maximum Gasteiger partial charge on any atom is 0.246 e. The van der Waals surface area contributed by atoms with Crippen LogP contribution in [0.4, 0.5) is 11.4 Å². The molecular formula is C20H26N2O. The van der Waals surface area contributed by atoms with E-state index in [-0.39, 0.29) is 11.9 Å². The van der Waals surface area contributed by atoms with Crippen LogP contribution < -0.4 is 10.6 Å². The van der Waals surface area contributed by atoms with Crippen molar-refractivity contribution in [1.82, 2.24) is 0 Å². The summed E-state index contributed by atoms with van der Waals surface area (Å²) in [5, 5.41) is 6.32. The van der Waals surface area contributed by atoms with E-state index in [2.05, 4.69) is 55.7 Å². The van der Waals surface area contributed by atoms with Crippen molar-refractivity contribution in [2.75, 3.05) is 10.6 Å². The molecule has 0 fully saturated rings. The summed E-state index contributed by atoms with van der Waals surface area (Å²) in [7, 11) is 0. The zero-order valence-corrected chi connectivity index (χ0v) is 14.9. The van der Waals surface area contributed by atoms with Crippen LogP contribution in [0.2, 0.25) is 0 Å². The van der Waals surface area contributed by atoms with E-state index < -0.39 is 0 Å². The third kappa shape index (κ3) is 4.13. The lowest BCUT2D eigenvalue weighted by atomic mass is 10.0. The van der Waals surface area contributed by atoms with Gasteiger partial charge in [-0.15, -0.1) is 0 Å². The molecule has 3 nitrogen and oxygen atoms in total. The Kier molecular flexibility index (Phi) is 5.09. The molecule has 23 heavy (non-hydrogen) atoms. The van der Waals surface area contributed by atoms with E-state index in [0.29, 0.717) is 0 Å². The molecule has 122 valence electrons. The number of nitrogens with one attached hydrogen (secondary N) is 2. The monoisotopic (exact) mass is 310 g/mol. The maximum atomic E-state index is 12.5. The molecule has 3 heteroatoms. The predicted octanol–water partition coefficient (Wildman–Crippen LogP) is 4.67. The van der Waals surface area contributed by atoms with Gasteiger partial charge in [-0.2, -0.15) is 0 Å². The van der Waals surface area contributed by atoms with Crippen LogP contribution in [0.25, 0.3) is 0 Å². The summed E-state index contributed by atoms with van der Waals surface area (Å²) >= 11 is 0. The molecule has 2 N–H and O–H groups in total. The predicted molar refractivity (Wildman–Crippen MR) is 98.3 cm³/mol. The molecule has 0 heterocycles. The summed E-state index contributed by atoms with van der Waals surface area (Å²) < 4.78 is 0. The highest BCUT2D eigenvalue weighted by Gasteiger charge is 2.15. The van der Waals surface area contributed by atoms with Gasteiger partial charge in [-0.3, -0.25) is 4.79 Å². The summed E-state index contributed by atoms with van der Waals surface area (Å²) in [6.07, 6.45) is 0. The van der Waals surface area contributed by atoms with E-state index in [1.165, 1.54) is 16.7 Å². The minimum Gasteiger partial charge on any atom is -0.374 e. The Morgan fingerprint density at radius 3 is 2.04 bits per heavy atom. The van der Waals surface area contributed by atoms with Crippen molar-refractivity contribution >= 4 is 17.3 Å². The Bertz CT molecular complexity index is 711. The van der Waals surface area contributed by atoms with Crippen molar-refractivity contribution < 1.29 is 4.79 Å². The number of carbonyl (C=O) groups excluding carboxylic acids is 1. The number of rotatable bonds is 4. The van der Waals surface area contributed by atoms with Crippen molar-refractivity contribution in [3.8, 4) is 0 Å². The van der Waals surface area contributed by atoms with E-state index in [9.17, 15) is 4.79 Å². The fourth-order valence-electron chi connectivity index (χ4n) is 2.76. The van der Waals surface area contributed by atoms with Crippen LogP contribution in [-0.2, 0) is 4.79 Å². The number of anilines is 2. The number of hydrogen-bond acceptors (Lipinski definition) is 2. The van der Waals surface area contributed by atoms with Crippen LogP contribution in [0.1, 0.15) is 34.7 Å². The molecule has 0 saturated heterocycles. The number of benzene rings is 2. The Balaban J connectivity index is 2.10. The Morgan fingerprint density at radius 2 is 1.48 bits per heavy atom. The third-order valence-electron chi connectivity index (χ3n) is 4.21. The van der Waals surface area contributed by atoms with Gasteiger partial charge in [0.1, 0.15) is 6.04 Å². The number of amides is 1. The van der Waals surface area contributed by atoms with E-state index in [1.807, 2.05) is 26.8 Å². The topological polar surface area (TPSA) is 41.1 Å². The second-order valence-electron chi connectivity index (χ2n) is 6.43. The van der Waals surface area contributed by atoms with Gasteiger partial charge in [0.25, 0.3) is 0 Å². The highest BCUT2D eigenvalue weighted by molar-refractivity contribution is 5.97. The van der Waals surface area contributed by atoms with Crippen molar-refractivity contribution in [2.24, 2.45) is 0 Å². The van der Waals surface area contributed by atoms with Crippen LogP contribution in [0.15, 0.2) is 30.3 Å². The molecule has 0 aliphatic carbocycles. The smallest absolute Gasteiger partial charge is 0.246 e. The van der Waals surface area contributed by atoms with E-state index in [0.717, 1.165) is 22.5 Å². The van der Waals surface area contributed by atoms with Crippen LogP contribution in [0.3, 0.4) is 0 Å². The quantitative estimate of drug-likeness (QED) is 0.861. The molecule has 0 radical (unpaired) electrons. The molecule has 1 atom stereocenters. The van der Waals surface area contributed by atoms with Gasteiger partial charge in [-0.25, -0.2) is 0 Å². The van der Waals surface area contributed by atoms with Gasteiger partial charge in [0.2, 0.25) is 5.91 Å². The van der Waals surface area contributed by atoms with Crippen molar-refractivity contribution in [3.63, 3.8) is 0 Å². The minimum atomic E-state index is -0.308. The Labute approximate surface area is 139 Å². The average molecular weight is 310 g/mol. The summed E-state index contributed by atoms with van der Waals surface area (Å²) in [6, 6.07) is 10.0. The largest absolute Gasteiger partial charge is 0.374 e. The van der Waals surface area contributed by atoms with Crippen LogP contribution in [0, 0.1) is 34.6 Å². The number of hydrogen-bond donors (Lipinski definition) is 2. The van der Waals surface area contributed by atoms with E-state index in [1.54, 1.807) is 0 Å². The SMILES string of the molecule is Cc1cc(C)c(NC(=O)[C@H](C)Nc2ccc(C)c(C)c2)c(C)c1. The van der Waals surface area contributed by atoms with Crippen LogP contribution >= 0.6 is 0 Å². The lowest BCUT2D eigenvalue weighted by molar-refractivity contribution is -0.116. The van der Waals surface area contributed by atoms with Gasteiger partial charge in [0.15, 0.2) is 0 Å². The first-order valence-electron chi connectivity index (χ1n) is 8.00. The van der Waals surface area contributed by atoms with Gasteiger partial charge in [-0.05, 0) is 75.9 Å². The molecular weight excluding hydrogens is 284 g/mol. The molecule has 2 aromatic rings. The second-order valence-corrected chi connectivity index (χ2v) is 6.43. The van der Waals surface area contributed by atoms with Gasteiger partial charge < -0.3 is 10.6 Å². The van der Waals surface area contributed by atoms with Crippen molar-refractivity contribution in [3.05, 3.63) is 58.1 Å². The molecule has 0 saturated carbocycles. The molecule has 2 aromatic carbocycles.